The van der Waals surface area contributed by atoms with E-state index in [-0.39, 0.29) is 5.88 Å². The van der Waals surface area contributed by atoms with Crippen LogP contribution in [0.2, 0.25) is 0 Å². The number of anilines is 1. The Bertz CT molecular complexity index is 288. The number of carbonyl (C=O) groups excluding carboxylic acids is 1. The van der Waals surface area contributed by atoms with Crippen LogP contribution in [-0.4, -0.2) is 11.0 Å². The molecule has 0 aliphatic heterocycles. The van der Waals surface area contributed by atoms with Gasteiger partial charge in [0.05, 0.1) is 0 Å². The van der Waals surface area contributed by atoms with Crippen LogP contribution in [0.3, 0.4) is 0 Å². The summed E-state index contributed by atoms with van der Waals surface area (Å²) in [5.74, 6) is 5.38. The van der Waals surface area contributed by atoms with Gasteiger partial charge in [0.25, 0.3) is 0 Å². The van der Waals surface area contributed by atoms with E-state index in [4.69, 9.17) is 10.6 Å². The summed E-state index contributed by atoms with van der Waals surface area (Å²) in [6.45, 7) is 1.31. The van der Waals surface area contributed by atoms with Crippen LogP contribution in [0.15, 0.2) is 18.2 Å². The fourth-order valence-electron chi connectivity index (χ4n) is 0.699. The summed E-state index contributed by atoms with van der Waals surface area (Å²) in [6.07, 6.45) is 0. The van der Waals surface area contributed by atoms with Gasteiger partial charge in [-0.15, -0.1) is 0 Å². The molecule has 0 aliphatic rings. The summed E-state index contributed by atoms with van der Waals surface area (Å²) >= 11 is 0. The van der Waals surface area contributed by atoms with Crippen LogP contribution in [0.25, 0.3) is 0 Å². The van der Waals surface area contributed by atoms with Crippen molar-refractivity contribution in [1.82, 2.24) is 4.98 Å². The summed E-state index contributed by atoms with van der Waals surface area (Å²) in [5.41, 5.74) is 2.34. The highest BCUT2D eigenvalue weighted by Crippen LogP contribution is 2.09. The van der Waals surface area contributed by atoms with Crippen molar-refractivity contribution in [2.45, 2.75) is 6.92 Å². The maximum atomic E-state index is 10.5. The third-order valence-corrected chi connectivity index (χ3v) is 1.12. The molecule has 0 aliphatic carbocycles. The highest BCUT2D eigenvalue weighted by molar-refractivity contribution is 5.68. The summed E-state index contributed by atoms with van der Waals surface area (Å²) in [5, 5.41) is 0. The molecule has 1 aromatic rings. The SMILES string of the molecule is CC(=O)Oc1cccc(NN)n1. The molecule has 0 saturated heterocycles. The van der Waals surface area contributed by atoms with Gasteiger partial charge in [0.1, 0.15) is 5.82 Å². The number of esters is 1. The summed E-state index contributed by atoms with van der Waals surface area (Å²) in [6, 6.07) is 4.91. The van der Waals surface area contributed by atoms with E-state index in [1.54, 1.807) is 18.2 Å². The molecule has 0 atom stereocenters. The smallest absolute Gasteiger partial charge is 0.309 e. The molecule has 64 valence electrons. The predicted octanol–water partition coefficient (Wildman–Crippen LogP) is 0.292. The number of nitrogen functional groups attached to an aromatic ring is 1. The highest BCUT2D eigenvalue weighted by atomic mass is 16.5. The zero-order valence-corrected chi connectivity index (χ0v) is 6.57. The second-order valence-corrected chi connectivity index (χ2v) is 2.10. The van der Waals surface area contributed by atoms with E-state index in [0.29, 0.717) is 5.82 Å². The largest absolute Gasteiger partial charge is 0.408 e. The number of aromatic nitrogens is 1. The number of nitrogens with two attached hydrogens (primary N) is 1. The summed E-state index contributed by atoms with van der Waals surface area (Å²) in [7, 11) is 0. The fourth-order valence-corrected chi connectivity index (χ4v) is 0.699. The van der Waals surface area contributed by atoms with Gasteiger partial charge in [0.2, 0.25) is 5.88 Å². The highest BCUT2D eigenvalue weighted by Gasteiger charge is 1.99. The second kappa shape index (κ2) is 3.68. The normalized spacial score (nSPS) is 9.17. The molecule has 1 aromatic heterocycles. The average Bonchev–Trinajstić information content (AvgIpc) is 2.03. The third-order valence-electron chi connectivity index (χ3n) is 1.12. The summed E-state index contributed by atoms with van der Waals surface area (Å²) < 4.78 is 4.71. The molecule has 1 heterocycles. The Morgan fingerprint density at radius 3 is 3.00 bits per heavy atom. The lowest BCUT2D eigenvalue weighted by atomic mass is 10.4. The lowest BCUT2D eigenvalue weighted by Crippen LogP contribution is -2.10. The van der Waals surface area contributed by atoms with Crippen molar-refractivity contribution in [2.75, 3.05) is 5.43 Å². The molecule has 0 spiro atoms. The molecule has 0 bridgehead atoms. The van der Waals surface area contributed by atoms with E-state index in [1.165, 1.54) is 6.92 Å². The van der Waals surface area contributed by atoms with Crippen LogP contribution in [0.5, 0.6) is 5.88 Å². The Morgan fingerprint density at radius 1 is 1.67 bits per heavy atom. The van der Waals surface area contributed by atoms with Crippen LogP contribution in [-0.2, 0) is 4.79 Å². The van der Waals surface area contributed by atoms with Crippen molar-refractivity contribution in [3.05, 3.63) is 18.2 Å². The van der Waals surface area contributed by atoms with Crippen molar-refractivity contribution >= 4 is 11.8 Å². The van der Waals surface area contributed by atoms with Gasteiger partial charge in [-0.1, -0.05) is 6.07 Å². The number of hydrogen-bond donors (Lipinski definition) is 2. The average molecular weight is 167 g/mol. The zero-order valence-electron chi connectivity index (χ0n) is 6.57. The first-order valence-corrected chi connectivity index (χ1v) is 3.34. The lowest BCUT2D eigenvalue weighted by Gasteiger charge is -2.01. The van der Waals surface area contributed by atoms with E-state index in [0.717, 1.165) is 0 Å². The zero-order chi connectivity index (χ0) is 8.97. The second-order valence-electron chi connectivity index (χ2n) is 2.10. The van der Waals surface area contributed by atoms with Gasteiger partial charge in [0, 0.05) is 13.0 Å². The minimum absolute atomic E-state index is 0.234. The minimum Gasteiger partial charge on any atom is -0.408 e. The molecule has 0 unspecified atom stereocenters. The molecule has 1 rings (SSSR count). The van der Waals surface area contributed by atoms with Gasteiger partial charge in [-0.3, -0.25) is 4.79 Å². The van der Waals surface area contributed by atoms with Crippen LogP contribution >= 0.6 is 0 Å². The van der Waals surface area contributed by atoms with Crippen molar-refractivity contribution in [2.24, 2.45) is 5.84 Å². The number of nitrogens with zero attached hydrogens (tertiary/aromatic N) is 1. The Morgan fingerprint density at radius 2 is 2.42 bits per heavy atom. The molecule has 0 radical (unpaired) electrons. The van der Waals surface area contributed by atoms with Crippen LogP contribution in [0.1, 0.15) is 6.92 Å². The molecule has 5 nitrogen and oxygen atoms in total. The third kappa shape index (κ3) is 2.21. The van der Waals surface area contributed by atoms with Crippen LogP contribution in [0, 0.1) is 0 Å². The van der Waals surface area contributed by atoms with Gasteiger partial charge in [0.15, 0.2) is 0 Å². The first-order chi connectivity index (χ1) is 5.72. The number of rotatable bonds is 2. The predicted molar refractivity (Wildman–Crippen MR) is 43.4 cm³/mol. The van der Waals surface area contributed by atoms with Crippen molar-refractivity contribution in [1.29, 1.82) is 0 Å². The van der Waals surface area contributed by atoms with Gasteiger partial charge in [-0.25, -0.2) is 5.84 Å². The number of ether oxygens (including phenoxy) is 1. The fraction of sp³-hybridized carbons (Fsp3) is 0.143. The molecule has 3 N–H and O–H groups in total. The number of hydrogen-bond acceptors (Lipinski definition) is 5. The number of carbonyl (C=O) groups is 1. The maximum absolute atomic E-state index is 10.5. The van der Waals surface area contributed by atoms with Gasteiger partial charge < -0.3 is 10.2 Å². The van der Waals surface area contributed by atoms with E-state index in [1.807, 2.05) is 0 Å². The first-order valence-electron chi connectivity index (χ1n) is 3.34. The van der Waals surface area contributed by atoms with Gasteiger partial charge in [-0.05, 0) is 6.07 Å². The standard InChI is InChI=1S/C7H9N3O2/c1-5(11)12-7-4-2-3-6(9-7)10-8/h2-4H,8H2,1H3,(H,9,10). The van der Waals surface area contributed by atoms with Gasteiger partial charge in [-0.2, -0.15) is 4.98 Å². The van der Waals surface area contributed by atoms with Crippen LogP contribution < -0.4 is 16.0 Å². The number of pyridine rings is 1. The number of nitrogens with one attached hydrogen (secondary N) is 1. The van der Waals surface area contributed by atoms with Gasteiger partial charge >= 0.3 is 5.97 Å². The molecule has 0 aromatic carbocycles. The molecular weight excluding hydrogens is 158 g/mol. The summed E-state index contributed by atoms with van der Waals surface area (Å²) in [4.78, 5) is 14.4. The molecule has 5 heteroatoms. The molecule has 0 amide bonds. The van der Waals surface area contributed by atoms with Crippen molar-refractivity contribution in [3.8, 4) is 5.88 Å². The van der Waals surface area contributed by atoms with Crippen molar-refractivity contribution in [3.63, 3.8) is 0 Å². The lowest BCUT2D eigenvalue weighted by molar-refractivity contribution is -0.132. The van der Waals surface area contributed by atoms with E-state index < -0.39 is 5.97 Å². The quantitative estimate of drug-likeness (QED) is 0.376. The van der Waals surface area contributed by atoms with E-state index in [2.05, 4.69) is 10.4 Å². The first kappa shape index (κ1) is 8.48. The van der Waals surface area contributed by atoms with Crippen LogP contribution in [0.4, 0.5) is 5.82 Å². The molecule has 0 saturated carbocycles. The topological polar surface area (TPSA) is 77.2 Å². The number of hydrazine groups is 1. The molecule has 0 fully saturated rings. The molecular formula is C7H9N3O2. The van der Waals surface area contributed by atoms with E-state index >= 15 is 0 Å². The Hall–Kier alpha value is -1.62. The Balaban J connectivity index is 2.79. The Kier molecular flexibility index (Phi) is 2.60. The maximum Gasteiger partial charge on any atom is 0.309 e. The Labute approximate surface area is 69.5 Å². The molecule has 12 heavy (non-hydrogen) atoms. The monoisotopic (exact) mass is 167 g/mol. The van der Waals surface area contributed by atoms with Crippen molar-refractivity contribution < 1.29 is 9.53 Å². The minimum atomic E-state index is -0.406. The van der Waals surface area contributed by atoms with E-state index in [9.17, 15) is 4.79 Å².